The number of aryl methyl sites for hydroxylation is 1. The highest BCUT2D eigenvalue weighted by molar-refractivity contribution is 5.61. The highest BCUT2D eigenvalue weighted by Gasteiger charge is 2.06. The molecule has 0 aliphatic heterocycles. The predicted molar refractivity (Wildman–Crippen MR) is 67.8 cm³/mol. The van der Waals surface area contributed by atoms with Crippen molar-refractivity contribution in [1.82, 2.24) is 4.98 Å². The maximum absolute atomic E-state index is 12.8. The van der Waals surface area contributed by atoms with E-state index in [9.17, 15) is 4.39 Å². The van der Waals surface area contributed by atoms with Crippen LogP contribution in [0.5, 0.6) is 0 Å². The number of rotatable bonds is 2. The van der Waals surface area contributed by atoms with Crippen molar-refractivity contribution in [2.24, 2.45) is 0 Å². The predicted octanol–water partition coefficient (Wildman–Crippen LogP) is 2.88. The zero-order chi connectivity index (χ0) is 12.4. The van der Waals surface area contributed by atoms with Gasteiger partial charge in [0.05, 0.1) is 11.9 Å². The summed E-state index contributed by atoms with van der Waals surface area (Å²) in [6.45, 7) is 1.93. The molecular formula is C13H14FN3. The fourth-order valence-corrected chi connectivity index (χ4v) is 1.53. The number of nitrogens with zero attached hydrogens (tertiary/aromatic N) is 2. The number of hydrogen-bond acceptors (Lipinski definition) is 3. The van der Waals surface area contributed by atoms with E-state index in [1.165, 1.54) is 12.1 Å². The summed E-state index contributed by atoms with van der Waals surface area (Å²) in [7, 11) is 1.88. The van der Waals surface area contributed by atoms with Gasteiger partial charge in [0.2, 0.25) is 0 Å². The molecule has 2 aromatic rings. The number of halogens is 1. The van der Waals surface area contributed by atoms with E-state index in [4.69, 9.17) is 5.73 Å². The molecule has 4 heteroatoms. The molecule has 2 rings (SSSR count). The highest BCUT2D eigenvalue weighted by Crippen LogP contribution is 2.23. The fraction of sp³-hybridized carbons (Fsp3) is 0.154. The molecule has 0 amide bonds. The minimum Gasteiger partial charge on any atom is -0.397 e. The number of nitrogens with two attached hydrogens (primary N) is 1. The van der Waals surface area contributed by atoms with Crippen molar-refractivity contribution in [2.75, 3.05) is 17.7 Å². The number of nitrogen functional groups attached to an aromatic ring is 1. The summed E-state index contributed by atoms with van der Waals surface area (Å²) in [5, 5.41) is 0. The number of pyridine rings is 1. The SMILES string of the molecule is Cc1cc(N(C)c2ccc(F)cc2)ncc1N. The Bertz CT molecular complexity index is 523. The van der Waals surface area contributed by atoms with Crippen molar-refractivity contribution in [1.29, 1.82) is 0 Å². The normalized spacial score (nSPS) is 10.3. The third-order valence-electron chi connectivity index (χ3n) is 2.69. The van der Waals surface area contributed by atoms with Gasteiger partial charge in [0, 0.05) is 12.7 Å². The van der Waals surface area contributed by atoms with E-state index in [-0.39, 0.29) is 5.82 Å². The summed E-state index contributed by atoms with van der Waals surface area (Å²) in [5.74, 6) is 0.534. The Morgan fingerprint density at radius 3 is 2.47 bits per heavy atom. The summed E-state index contributed by atoms with van der Waals surface area (Å²) in [5.41, 5.74) is 8.24. The average molecular weight is 231 g/mol. The van der Waals surface area contributed by atoms with Gasteiger partial charge in [-0.2, -0.15) is 0 Å². The highest BCUT2D eigenvalue weighted by atomic mass is 19.1. The summed E-state index contributed by atoms with van der Waals surface area (Å²) in [6.07, 6.45) is 1.63. The Hall–Kier alpha value is -2.10. The number of hydrogen-bond donors (Lipinski definition) is 1. The molecule has 1 aromatic heterocycles. The van der Waals surface area contributed by atoms with Crippen LogP contribution in [0.3, 0.4) is 0 Å². The molecule has 2 N–H and O–H groups in total. The van der Waals surface area contributed by atoms with Crippen molar-refractivity contribution in [3.05, 3.63) is 47.9 Å². The molecular weight excluding hydrogens is 217 g/mol. The van der Waals surface area contributed by atoms with Crippen LogP contribution < -0.4 is 10.6 Å². The van der Waals surface area contributed by atoms with Gasteiger partial charge in [-0.3, -0.25) is 0 Å². The van der Waals surface area contributed by atoms with Crippen molar-refractivity contribution < 1.29 is 4.39 Å². The Labute approximate surface area is 99.7 Å². The summed E-state index contributed by atoms with van der Waals surface area (Å²) >= 11 is 0. The van der Waals surface area contributed by atoms with E-state index in [2.05, 4.69) is 4.98 Å². The maximum Gasteiger partial charge on any atom is 0.133 e. The van der Waals surface area contributed by atoms with Crippen LogP contribution in [0.15, 0.2) is 36.5 Å². The van der Waals surface area contributed by atoms with Crippen LogP contribution >= 0.6 is 0 Å². The van der Waals surface area contributed by atoms with Crippen molar-refractivity contribution >= 4 is 17.2 Å². The second-order valence-electron chi connectivity index (χ2n) is 3.93. The molecule has 1 aromatic carbocycles. The van der Waals surface area contributed by atoms with Crippen molar-refractivity contribution in [3.63, 3.8) is 0 Å². The molecule has 88 valence electrons. The number of anilines is 3. The fourth-order valence-electron chi connectivity index (χ4n) is 1.53. The molecule has 0 atom stereocenters. The Kier molecular flexibility index (Phi) is 2.95. The van der Waals surface area contributed by atoms with E-state index in [1.807, 2.05) is 24.9 Å². The van der Waals surface area contributed by atoms with Crippen molar-refractivity contribution in [3.8, 4) is 0 Å². The first-order chi connectivity index (χ1) is 8.08. The first-order valence-corrected chi connectivity index (χ1v) is 5.29. The standard InChI is InChI=1S/C13H14FN3/c1-9-7-13(16-8-12(9)15)17(2)11-5-3-10(14)4-6-11/h3-8H,15H2,1-2H3. The lowest BCUT2D eigenvalue weighted by molar-refractivity contribution is 0.628. The van der Waals surface area contributed by atoms with E-state index in [0.29, 0.717) is 5.69 Å². The molecule has 17 heavy (non-hydrogen) atoms. The Morgan fingerprint density at radius 1 is 1.24 bits per heavy atom. The van der Waals surface area contributed by atoms with Gasteiger partial charge in [-0.05, 0) is 42.8 Å². The van der Waals surface area contributed by atoms with Gasteiger partial charge in [0.15, 0.2) is 0 Å². The Balaban J connectivity index is 2.33. The quantitative estimate of drug-likeness (QED) is 0.864. The minimum atomic E-state index is -0.247. The lowest BCUT2D eigenvalue weighted by Gasteiger charge is -2.19. The second kappa shape index (κ2) is 4.41. The molecule has 0 fully saturated rings. The summed E-state index contributed by atoms with van der Waals surface area (Å²) < 4.78 is 12.8. The van der Waals surface area contributed by atoms with Gasteiger partial charge in [-0.15, -0.1) is 0 Å². The molecule has 3 nitrogen and oxygen atoms in total. The zero-order valence-electron chi connectivity index (χ0n) is 9.81. The third kappa shape index (κ3) is 2.36. The summed E-state index contributed by atoms with van der Waals surface area (Å²) in [4.78, 5) is 6.13. The van der Waals surface area contributed by atoms with Gasteiger partial charge in [0.1, 0.15) is 11.6 Å². The van der Waals surface area contributed by atoms with E-state index in [1.54, 1.807) is 18.3 Å². The second-order valence-corrected chi connectivity index (χ2v) is 3.93. The number of benzene rings is 1. The Morgan fingerprint density at radius 2 is 1.88 bits per heavy atom. The van der Waals surface area contributed by atoms with Crippen LogP contribution in [0.1, 0.15) is 5.56 Å². The number of aromatic nitrogens is 1. The zero-order valence-corrected chi connectivity index (χ0v) is 9.81. The summed E-state index contributed by atoms with van der Waals surface area (Å²) in [6, 6.07) is 8.18. The topological polar surface area (TPSA) is 42.2 Å². The molecule has 0 aliphatic carbocycles. The lowest BCUT2D eigenvalue weighted by atomic mass is 10.2. The molecule has 0 bridgehead atoms. The van der Waals surface area contributed by atoms with Gasteiger partial charge >= 0.3 is 0 Å². The van der Waals surface area contributed by atoms with Crippen LogP contribution in [-0.2, 0) is 0 Å². The molecule has 0 radical (unpaired) electrons. The van der Waals surface area contributed by atoms with Gasteiger partial charge in [0.25, 0.3) is 0 Å². The van der Waals surface area contributed by atoms with Crippen LogP contribution in [-0.4, -0.2) is 12.0 Å². The third-order valence-corrected chi connectivity index (χ3v) is 2.69. The van der Waals surface area contributed by atoms with Crippen LogP contribution in [0.4, 0.5) is 21.6 Å². The molecule has 0 unspecified atom stereocenters. The first-order valence-electron chi connectivity index (χ1n) is 5.29. The first kappa shape index (κ1) is 11.4. The molecule has 1 heterocycles. The van der Waals surface area contributed by atoms with Gasteiger partial charge < -0.3 is 10.6 Å². The van der Waals surface area contributed by atoms with E-state index < -0.39 is 0 Å². The van der Waals surface area contributed by atoms with Gasteiger partial charge in [-0.1, -0.05) is 0 Å². The monoisotopic (exact) mass is 231 g/mol. The van der Waals surface area contributed by atoms with Crippen molar-refractivity contribution in [2.45, 2.75) is 6.92 Å². The van der Waals surface area contributed by atoms with E-state index in [0.717, 1.165) is 17.1 Å². The molecule has 0 saturated carbocycles. The minimum absolute atomic E-state index is 0.247. The van der Waals surface area contributed by atoms with Gasteiger partial charge in [-0.25, -0.2) is 9.37 Å². The van der Waals surface area contributed by atoms with E-state index >= 15 is 0 Å². The smallest absolute Gasteiger partial charge is 0.133 e. The molecule has 0 aliphatic rings. The van der Waals surface area contributed by atoms with Crippen LogP contribution in [0.25, 0.3) is 0 Å². The molecule has 0 saturated heterocycles. The van der Waals surface area contributed by atoms with Crippen LogP contribution in [0, 0.1) is 12.7 Å². The average Bonchev–Trinajstić information content (AvgIpc) is 2.33. The lowest BCUT2D eigenvalue weighted by Crippen LogP contribution is -2.11. The maximum atomic E-state index is 12.8. The largest absolute Gasteiger partial charge is 0.397 e. The molecule has 0 spiro atoms. The van der Waals surface area contributed by atoms with Crippen LogP contribution in [0.2, 0.25) is 0 Å².